The molecule has 0 spiro atoms. The van der Waals surface area contributed by atoms with Gasteiger partial charge in [-0.15, -0.1) is 0 Å². The van der Waals surface area contributed by atoms with Gasteiger partial charge in [0.05, 0.1) is 26.6 Å². The fourth-order valence-electron chi connectivity index (χ4n) is 2.35. The molecule has 162 valence electrons. The minimum absolute atomic E-state index is 0.177. The molecule has 1 fully saturated rings. The molecular weight excluding hydrogens is 546 g/mol. The van der Waals surface area contributed by atoms with Crippen LogP contribution in [0, 0.1) is 0 Å². The Morgan fingerprint density at radius 2 is 1.80 bits per heavy atom. The summed E-state index contributed by atoms with van der Waals surface area (Å²) in [5, 5.41) is -0.542. The molecule has 11 heteroatoms. The van der Waals surface area contributed by atoms with Crippen LogP contribution in [0.25, 0.3) is 6.08 Å². The summed E-state index contributed by atoms with van der Waals surface area (Å²) in [6.45, 7) is 4.63. The van der Waals surface area contributed by atoms with Crippen molar-refractivity contribution in [3.63, 3.8) is 0 Å². The molecule has 2 rings (SSSR count). The Hall–Kier alpha value is -1.85. The van der Waals surface area contributed by atoms with E-state index in [-0.39, 0.29) is 24.2 Å². The first-order valence-corrected chi connectivity index (χ1v) is 11.2. The third-order valence-electron chi connectivity index (χ3n) is 3.49. The van der Waals surface area contributed by atoms with Crippen molar-refractivity contribution in [2.75, 3.05) is 19.8 Å². The molecule has 0 radical (unpaired) electrons. The van der Waals surface area contributed by atoms with E-state index in [0.29, 0.717) is 20.3 Å². The standard InChI is InChI=1S/C19H19Br2NO7S/c1-4-27-16(24)9-28-17-12(20)5-11(6-13(17)21)7-14-18(25)22(19(26)30-14)8-15(23)29-10(2)3/h5-7,10H,4,8-9H2,1-3H3/b14-7+. The van der Waals surface area contributed by atoms with Crippen molar-refractivity contribution in [2.45, 2.75) is 26.9 Å². The average Bonchev–Trinajstić information content (AvgIpc) is 2.88. The molecule has 1 aromatic rings. The first kappa shape index (κ1) is 24.4. The van der Waals surface area contributed by atoms with Gasteiger partial charge in [0.1, 0.15) is 12.3 Å². The minimum atomic E-state index is -0.651. The van der Waals surface area contributed by atoms with Crippen molar-refractivity contribution in [3.05, 3.63) is 31.5 Å². The second kappa shape index (κ2) is 11.0. The lowest BCUT2D eigenvalue weighted by Crippen LogP contribution is -2.35. The van der Waals surface area contributed by atoms with E-state index in [4.69, 9.17) is 14.2 Å². The number of rotatable bonds is 8. The molecule has 0 aromatic heterocycles. The van der Waals surface area contributed by atoms with E-state index < -0.39 is 29.6 Å². The molecule has 2 amide bonds. The van der Waals surface area contributed by atoms with Crippen LogP contribution in [0.5, 0.6) is 5.75 Å². The van der Waals surface area contributed by atoms with Crippen molar-refractivity contribution in [2.24, 2.45) is 0 Å². The number of ether oxygens (including phenoxy) is 3. The van der Waals surface area contributed by atoms with Gasteiger partial charge in [-0.2, -0.15) is 0 Å². The molecule has 0 aliphatic carbocycles. The van der Waals surface area contributed by atoms with Gasteiger partial charge in [-0.25, -0.2) is 4.79 Å². The maximum absolute atomic E-state index is 12.5. The Bertz CT molecular complexity index is 878. The third kappa shape index (κ3) is 6.58. The van der Waals surface area contributed by atoms with Crippen molar-refractivity contribution in [3.8, 4) is 5.75 Å². The van der Waals surface area contributed by atoms with Crippen LogP contribution >= 0.6 is 43.6 Å². The van der Waals surface area contributed by atoms with Gasteiger partial charge < -0.3 is 14.2 Å². The monoisotopic (exact) mass is 563 g/mol. The van der Waals surface area contributed by atoms with E-state index in [0.717, 1.165) is 16.7 Å². The molecule has 1 saturated heterocycles. The van der Waals surface area contributed by atoms with Gasteiger partial charge in [0.2, 0.25) is 0 Å². The number of hydrogen-bond acceptors (Lipinski definition) is 8. The number of hydrogen-bond donors (Lipinski definition) is 0. The molecule has 0 saturated carbocycles. The zero-order chi connectivity index (χ0) is 22.4. The first-order valence-electron chi connectivity index (χ1n) is 8.84. The van der Waals surface area contributed by atoms with Crippen molar-refractivity contribution in [1.29, 1.82) is 0 Å². The number of amides is 2. The summed E-state index contributed by atoms with van der Waals surface area (Å²) in [5.41, 5.74) is 0.604. The number of nitrogens with zero attached hydrogens (tertiary/aromatic N) is 1. The van der Waals surface area contributed by atoms with E-state index in [1.54, 1.807) is 32.9 Å². The average molecular weight is 565 g/mol. The second-order valence-corrected chi connectivity index (χ2v) is 8.92. The summed E-state index contributed by atoms with van der Waals surface area (Å²) in [7, 11) is 0. The maximum atomic E-state index is 12.5. The summed E-state index contributed by atoms with van der Waals surface area (Å²) in [6.07, 6.45) is 1.19. The van der Waals surface area contributed by atoms with Gasteiger partial charge in [0, 0.05) is 0 Å². The van der Waals surface area contributed by atoms with E-state index in [2.05, 4.69) is 31.9 Å². The topological polar surface area (TPSA) is 99.2 Å². The molecule has 1 aromatic carbocycles. The Labute approximate surface area is 194 Å². The smallest absolute Gasteiger partial charge is 0.344 e. The lowest BCUT2D eigenvalue weighted by atomic mass is 10.2. The molecule has 0 unspecified atom stereocenters. The fraction of sp³-hybridized carbons (Fsp3) is 0.368. The molecular formula is C19H19Br2NO7S. The number of thioether (sulfide) groups is 1. The SMILES string of the molecule is CCOC(=O)COc1c(Br)cc(/C=C2/SC(=O)N(CC(=O)OC(C)C)C2=O)cc1Br. The summed E-state index contributed by atoms with van der Waals surface area (Å²) in [4.78, 5) is 48.9. The molecule has 1 aliphatic rings. The molecule has 0 bridgehead atoms. The van der Waals surface area contributed by atoms with E-state index >= 15 is 0 Å². The lowest BCUT2D eigenvalue weighted by molar-refractivity contribution is -0.149. The highest BCUT2D eigenvalue weighted by Crippen LogP contribution is 2.37. The largest absolute Gasteiger partial charge is 0.480 e. The number of imide groups is 1. The zero-order valence-corrected chi connectivity index (χ0v) is 20.4. The molecule has 1 aliphatic heterocycles. The zero-order valence-electron chi connectivity index (χ0n) is 16.4. The van der Waals surface area contributed by atoms with Crippen LogP contribution < -0.4 is 4.74 Å². The number of benzene rings is 1. The third-order valence-corrected chi connectivity index (χ3v) is 5.57. The Morgan fingerprint density at radius 3 is 2.37 bits per heavy atom. The van der Waals surface area contributed by atoms with Crippen LogP contribution in [0.15, 0.2) is 26.0 Å². The van der Waals surface area contributed by atoms with Crippen LogP contribution in [0.2, 0.25) is 0 Å². The van der Waals surface area contributed by atoms with Gasteiger partial charge in [-0.3, -0.25) is 19.3 Å². The second-order valence-electron chi connectivity index (χ2n) is 6.21. The maximum Gasteiger partial charge on any atom is 0.344 e. The van der Waals surface area contributed by atoms with Crippen LogP contribution in [0.4, 0.5) is 4.79 Å². The van der Waals surface area contributed by atoms with Crippen molar-refractivity contribution < 1.29 is 33.4 Å². The first-order chi connectivity index (χ1) is 14.1. The quantitative estimate of drug-likeness (QED) is 0.343. The van der Waals surface area contributed by atoms with Crippen LogP contribution in [-0.2, 0) is 23.9 Å². The molecule has 0 N–H and O–H groups in total. The number of carbonyl (C=O) groups is 4. The van der Waals surface area contributed by atoms with Gasteiger partial charge >= 0.3 is 11.9 Å². The molecule has 1 heterocycles. The Kier molecular flexibility index (Phi) is 8.92. The van der Waals surface area contributed by atoms with Crippen molar-refractivity contribution >= 4 is 72.8 Å². The molecule has 30 heavy (non-hydrogen) atoms. The van der Waals surface area contributed by atoms with E-state index in [9.17, 15) is 19.2 Å². The number of esters is 2. The normalized spacial score (nSPS) is 15.1. The van der Waals surface area contributed by atoms with Gasteiger partial charge in [0.15, 0.2) is 6.61 Å². The van der Waals surface area contributed by atoms with Crippen molar-refractivity contribution in [1.82, 2.24) is 4.90 Å². The predicted molar refractivity (Wildman–Crippen MR) is 118 cm³/mol. The van der Waals surface area contributed by atoms with Gasteiger partial charge in [-0.1, -0.05) is 0 Å². The van der Waals surface area contributed by atoms with E-state index in [1.807, 2.05) is 0 Å². The summed E-state index contributed by atoms with van der Waals surface area (Å²) >= 11 is 7.47. The van der Waals surface area contributed by atoms with Gasteiger partial charge in [0.25, 0.3) is 11.1 Å². The number of carbonyl (C=O) groups excluding carboxylic acids is 4. The molecule has 8 nitrogen and oxygen atoms in total. The highest BCUT2D eigenvalue weighted by atomic mass is 79.9. The summed E-state index contributed by atoms with van der Waals surface area (Å²) in [5.74, 6) is -1.32. The molecule has 0 atom stereocenters. The summed E-state index contributed by atoms with van der Waals surface area (Å²) in [6, 6.07) is 3.35. The van der Waals surface area contributed by atoms with Crippen LogP contribution in [0.1, 0.15) is 26.3 Å². The number of halogens is 2. The Balaban J connectivity index is 2.14. The van der Waals surface area contributed by atoms with Crippen LogP contribution in [-0.4, -0.2) is 53.8 Å². The van der Waals surface area contributed by atoms with Gasteiger partial charge in [-0.05, 0) is 88.2 Å². The Morgan fingerprint density at radius 1 is 1.17 bits per heavy atom. The highest BCUT2D eigenvalue weighted by Gasteiger charge is 2.36. The predicted octanol–water partition coefficient (Wildman–Crippen LogP) is 4.14. The van der Waals surface area contributed by atoms with Crippen LogP contribution in [0.3, 0.4) is 0 Å². The highest BCUT2D eigenvalue weighted by molar-refractivity contribution is 9.11. The fourth-order valence-corrected chi connectivity index (χ4v) is 4.64. The lowest BCUT2D eigenvalue weighted by Gasteiger charge is -2.13. The summed E-state index contributed by atoms with van der Waals surface area (Å²) < 4.78 is 16.3. The minimum Gasteiger partial charge on any atom is -0.480 e. The van der Waals surface area contributed by atoms with E-state index in [1.165, 1.54) is 6.08 Å².